The molecule has 1 aliphatic rings. The lowest BCUT2D eigenvalue weighted by Gasteiger charge is -2.13. The van der Waals surface area contributed by atoms with Crippen LogP contribution in [0.5, 0.6) is 0 Å². The van der Waals surface area contributed by atoms with E-state index < -0.39 is 6.10 Å². The number of nitrogens with zero attached hydrogens (tertiary/aromatic N) is 1. The minimum Gasteiger partial charge on any atom is -0.389 e. The molecule has 0 radical (unpaired) electrons. The number of guanidine groups is 1. The van der Waals surface area contributed by atoms with Gasteiger partial charge in [-0.05, 0) is 50.7 Å². The van der Waals surface area contributed by atoms with Gasteiger partial charge in [0.1, 0.15) is 0 Å². The molecule has 1 aliphatic carbocycles. The molecule has 0 saturated heterocycles. The Morgan fingerprint density at radius 2 is 2.11 bits per heavy atom. The Hall–Kier alpha value is -1.32. The largest absolute Gasteiger partial charge is 0.389 e. The first kappa shape index (κ1) is 23.0. The topological polar surface area (TPSA) is 81.7 Å². The van der Waals surface area contributed by atoms with Gasteiger partial charge >= 0.3 is 0 Å². The third kappa shape index (κ3) is 6.93. The number of fused-ring (bicyclic) bond motifs is 1. The van der Waals surface area contributed by atoms with Crippen LogP contribution in [0.25, 0.3) is 10.9 Å². The number of para-hydroxylation sites is 1. The summed E-state index contributed by atoms with van der Waals surface area (Å²) in [5.74, 6) is 1.45. The highest BCUT2D eigenvalue weighted by Crippen LogP contribution is 2.28. The average Bonchev–Trinajstić information content (AvgIpc) is 3.42. The van der Waals surface area contributed by atoms with Crippen molar-refractivity contribution in [1.82, 2.24) is 15.6 Å². The van der Waals surface area contributed by atoms with E-state index in [0.717, 1.165) is 32.1 Å². The summed E-state index contributed by atoms with van der Waals surface area (Å²) in [5.41, 5.74) is 3.73. The van der Waals surface area contributed by atoms with Crippen LogP contribution in [-0.4, -0.2) is 55.0 Å². The number of aliphatic imine (C=N–C) groups is 1. The van der Waals surface area contributed by atoms with Crippen molar-refractivity contribution in [3.63, 3.8) is 0 Å². The molecule has 7 heteroatoms. The standard InChI is InChI=1S/C21H32N4O2.HI/c1-3-22-21(24-12-17(26)14-27-13-16-8-9-16)23-11-10-18-15(2)25-20-7-5-4-6-19(18)20;/h4-7,16-17,25-26H,3,8-14H2,1-2H3,(H2,22,23,24);1H. The Bertz CT molecular complexity index is 758. The Kier molecular flexibility index (Phi) is 9.53. The lowest BCUT2D eigenvalue weighted by Crippen LogP contribution is -2.39. The van der Waals surface area contributed by atoms with Gasteiger partial charge in [-0.3, -0.25) is 4.99 Å². The molecule has 0 bridgehead atoms. The number of hydrogen-bond acceptors (Lipinski definition) is 3. The zero-order valence-corrected chi connectivity index (χ0v) is 19.2. The van der Waals surface area contributed by atoms with Crippen LogP contribution in [0.3, 0.4) is 0 Å². The highest BCUT2D eigenvalue weighted by Gasteiger charge is 2.21. The number of hydrogen-bond donors (Lipinski definition) is 4. The molecule has 4 N–H and O–H groups in total. The summed E-state index contributed by atoms with van der Waals surface area (Å²) in [5, 5.41) is 17.9. The summed E-state index contributed by atoms with van der Waals surface area (Å²) >= 11 is 0. The number of aliphatic hydroxyl groups excluding tert-OH is 1. The molecule has 1 aromatic heterocycles. The van der Waals surface area contributed by atoms with Crippen molar-refractivity contribution in [2.75, 3.05) is 32.8 Å². The highest BCUT2D eigenvalue weighted by molar-refractivity contribution is 14.0. The molecule has 0 amide bonds. The van der Waals surface area contributed by atoms with Crippen LogP contribution in [0.4, 0.5) is 0 Å². The molecule has 156 valence electrons. The lowest BCUT2D eigenvalue weighted by atomic mass is 10.1. The van der Waals surface area contributed by atoms with Gasteiger partial charge in [0.05, 0.1) is 19.3 Å². The number of aryl methyl sites for hydroxylation is 1. The fourth-order valence-corrected chi connectivity index (χ4v) is 3.21. The van der Waals surface area contributed by atoms with E-state index in [9.17, 15) is 5.11 Å². The Labute approximate surface area is 184 Å². The summed E-state index contributed by atoms with van der Waals surface area (Å²) in [6.45, 7) is 7.18. The molecule has 0 aliphatic heterocycles. The van der Waals surface area contributed by atoms with E-state index in [0.29, 0.717) is 19.1 Å². The van der Waals surface area contributed by atoms with Gasteiger partial charge in [-0.1, -0.05) is 18.2 Å². The number of halogens is 1. The van der Waals surface area contributed by atoms with E-state index in [1.54, 1.807) is 0 Å². The number of aromatic amines is 1. The van der Waals surface area contributed by atoms with Gasteiger partial charge < -0.3 is 25.5 Å². The van der Waals surface area contributed by atoms with E-state index >= 15 is 0 Å². The first-order valence-electron chi connectivity index (χ1n) is 10.0. The summed E-state index contributed by atoms with van der Waals surface area (Å²) in [6, 6.07) is 8.39. The predicted octanol–water partition coefficient (Wildman–Crippen LogP) is 2.98. The third-order valence-electron chi connectivity index (χ3n) is 4.86. The van der Waals surface area contributed by atoms with Gasteiger partial charge in [0.15, 0.2) is 5.96 Å². The molecule has 2 aromatic rings. The number of benzene rings is 1. The van der Waals surface area contributed by atoms with Crippen molar-refractivity contribution in [3.8, 4) is 0 Å². The molecule has 1 saturated carbocycles. The summed E-state index contributed by atoms with van der Waals surface area (Å²) in [6.07, 6.45) is 2.87. The number of ether oxygens (including phenoxy) is 1. The maximum atomic E-state index is 10.0. The number of aromatic nitrogens is 1. The van der Waals surface area contributed by atoms with Gasteiger partial charge in [0, 0.05) is 36.3 Å². The molecule has 0 spiro atoms. The highest BCUT2D eigenvalue weighted by atomic mass is 127. The molecular weight excluding hydrogens is 467 g/mol. The molecule has 1 aromatic carbocycles. The van der Waals surface area contributed by atoms with Crippen LogP contribution < -0.4 is 10.6 Å². The molecule has 3 rings (SSSR count). The lowest BCUT2D eigenvalue weighted by molar-refractivity contribution is 0.0368. The zero-order valence-electron chi connectivity index (χ0n) is 16.8. The Balaban J connectivity index is 0.00000280. The van der Waals surface area contributed by atoms with Gasteiger partial charge in [0.25, 0.3) is 0 Å². The Morgan fingerprint density at radius 3 is 2.86 bits per heavy atom. The van der Waals surface area contributed by atoms with Crippen LogP contribution in [0.1, 0.15) is 31.0 Å². The zero-order chi connectivity index (χ0) is 19.1. The van der Waals surface area contributed by atoms with E-state index in [1.165, 1.54) is 35.0 Å². The van der Waals surface area contributed by atoms with Gasteiger partial charge in [-0.25, -0.2) is 0 Å². The molecule has 6 nitrogen and oxygen atoms in total. The number of H-pyrrole nitrogens is 1. The maximum Gasteiger partial charge on any atom is 0.191 e. The maximum absolute atomic E-state index is 10.0. The first-order chi connectivity index (χ1) is 13.2. The summed E-state index contributed by atoms with van der Waals surface area (Å²) in [7, 11) is 0. The van der Waals surface area contributed by atoms with E-state index in [2.05, 4.69) is 51.8 Å². The van der Waals surface area contributed by atoms with Crippen LogP contribution in [-0.2, 0) is 11.2 Å². The molecule has 1 heterocycles. The van der Waals surface area contributed by atoms with Gasteiger partial charge in [-0.15, -0.1) is 24.0 Å². The minimum absolute atomic E-state index is 0. The smallest absolute Gasteiger partial charge is 0.191 e. The monoisotopic (exact) mass is 500 g/mol. The normalized spacial score (nSPS) is 15.3. The van der Waals surface area contributed by atoms with Crippen molar-refractivity contribution in [2.45, 2.75) is 39.2 Å². The van der Waals surface area contributed by atoms with Crippen molar-refractivity contribution >= 4 is 40.8 Å². The summed E-state index contributed by atoms with van der Waals surface area (Å²) in [4.78, 5) is 7.93. The van der Waals surface area contributed by atoms with Crippen molar-refractivity contribution in [2.24, 2.45) is 10.9 Å². The van der Waals surface area contributed by atoms with Crippen LogP contribution in [0.2, 0.25) is 0 Å². The van der Waals surface area contributed by atoms with Crippen LogP contribution >= 0.6 is 24.0 Å². The van der Waals surface area contributed by atoms with E-state index in [-0.39, 0.29) is 24.0 Å². The molecule has 1 unspecified atom stereocenters. The predicted molar refractivity (Wildman–Crippen MR) is 126 cm³/mol. The number of aliphatic hydroxyl groups is 1. The minimum atomic E-state index is -0.560. The fourth-order valence-electron chi connectivity index (χ4n) is 3.21. The second-order valence-electron chi connectivity index (χ2n) is 7.31. The van der Waals surface area contributed by atoms with Crippen molar-refractivity contribution in [3.05, 3.63) is 35.5 Å². The quantitative estimate of drug-likeness (QED) is 0.230. The molecule has 1 atom stereocenters. The second-order valence-corrected chi connectivity index (χ2v) is 7.31. The van der Waals surface area contributed by atoms with Crippen molar-refractivity contribution < 1.29 is 9.84 Å². The molecular formula is C21H33IN4O2. The molecule has 1 fully saturated rings. The van der Waals surface area contributed by atoms with E-state index in [4.69, 9.17) is 4.74 Å². The van der Waals surface area contributed by atoms with Gasteiger partial charge in [0.2, 0.25) is 0 Å². The SMILES string of the molecule is CCNC(=NCC(O)COCC1CC1)NCCc1c(C)[nH]c2ccccc12.I. The average molecular weight is 500 g/mol. The summed E-state index contributed by atoms with van der Waals surface area (Å²) < 4.78 is 5.53. The van der Waals surface area contributed by atoms with Crippen LogP contribution in [0.15, 0.2) is 29.3 Å². The van der Waals surface area contributed by atoms with Crippen molar-refractivity contribution in [1.29, 1.82) is 0 Å². The number of rotatable bonds is 10. The molecule has 28 heavy (non-hydrogen) atoms. The number of nitrogens with one attached hydrogen (secondary N) is 3. The fraction of sp³-hybridized carbons (Fsp3) is 0.571. The third-order valence-corrected chi connectivity index (χ3v) is 4.86. The van der Waals surface area contributed by atoms with E-state index in [1.807, 2.05) is 6.92 Å². The van der Waals surface area contributed by atoms with Crippen LogP contribution in [0, 0.1) is 12.8 Å². The van der Waals surface area contributed by atoms with Gasteiger partial charge in [-0.2, -0.15) is 0 Å². The first-order valence-corrected chi connectivity index (χ1v) is 10.0. The Morgan fingerprint density at radius 1 is 1.32 bits per heavy atom. The second kappa shape index (κ2) is 11.6.